The first-order valence-electron chi connectivity index (χ1n) is 9.48. The summed E-state index contributed by atoms with van der Waals surface area (Å²) in [5, 5.41) is 1.40. The molecular formula is C21H22ClN5O2. The molecule has 7 nitrogen and oxygen atoms in total. The maximum absolute atomic E-state index is 12.6. The molecule has 1 aliphatic rings. The van der Waals surface area contributed by atoms with Crippen molar-refractivity contribution >= 4 is 40.2 Å². The molecular weight excluding hydrogens is 390 g/mol. The van der Waals surface area contributed by atoms with Crippen molar-refractivity contribution in [2.75, 3.05) is 24.6 Å². The summed E-state index contributed by atoms with van der Waals surface area (Å²) in [6.07, 6.45) is 1.64. The zero-order valence-electron chi connectivity index (χ0n) is 15.8. The van der Waals surface area contributed by atoms with Crippen LogP contribution in [-0.4, -0.2) is 40.0 Å². The molecule has 2 aromatic carbocycles. The molecule has 8 heteroatoms. The number of halogens is 1. The van der Waals surface area contributed by atoms with Crippen LogP contribution in [0.25, 0.3) is 10.9 Å². The molecule has 2 heterocycles. The quantitative estimate of drug-likeness (QED) is 0.682. The van der Waals surface area contributed by atoms with Gasteiger partial charge in [0.1, 0.15) is 5.82 Å². The third kappa shape index (κ3) is 4.26. The second kappa shape index (κ2) is 8.23. The van der Waals surface area contributed by atoms with Crippen molar-refractivity contribution in [1.82, 2.24) is 14.9 Å². The number of piperidine rings is 1. The largest absolute Gasteiger partial charge is 0.383 e. The van der Waals surface area contributed by atoms with Gasteiger partial charge < -0.3 is 21.1 Å². The molecule has 1 amide bonds. The van der Waals surface area contributed by atoms with Crippen LogP contribution < -0.4 is 11.5 Å². The van der Waals surface area contributed by atoms with Gasteiger partial charge >= 0.3 is 0 Å². The average molecular weight is 412 g/mol. The Kier molecular flexibility index (Phi) is 5.51. The lowest BCUT2D eigenvalue weighted by molar-refractivity contribution is 0.0000397. The Morgan fingerprint density at radius 3 is 2.55 bits per heavy atom. The third-order valence-electron chi connectivity index (χ3n) is 5.15. The van der Waals surface area contributed by atoms with Gasteiger partial charge in [0.05, 0.1) is 18.2 Å². The molecule has 4 N–H and O–H groups in total. The predicted octanol–water partition coefficient (Wildman–Crippen LogP) is 3.27. The number of nitrogens with two attached hydrogens (primary N) is 2. The Labute approximate surface area is 173 Å². The zero-order chi connectivity index (χ0) is 20.4. The molecule has 0 atom stereocenters. The van der Waals surface area contributed by atoms with Crippen LogP contribution in [0.4, 0.5) is 11.8 Å². The Bertz CT molecular complexity index is 1030. The van der Waals surface area contributed by atoms with Crippen molar-refractivity contribution in [3.05, 3.63) is 58.6 Å². The second-order valence-corrected chi connectivity index (χ2v) is 7.52. The monoisotopic (exact) mass is 411 g/mol. The molecule has 1 aromatic heterocycles. The average Bonchev–Trinajstić information content (AvgIpc) is 2.72. The molecule has 0 saturated carbocycles. The number of amides is 1. The van der Waals surface area contributed by atoms with Gasteiger partial charge in [-0.15, -0.1) is 0 Å². The van der Waals surface area contributed by atoms with Crippen LogP contribution >= 0.6 is 11.6 Å². The molecule has 0 radical (unpaired) electrons. The molecule has 29 heavy (non-hydrogen) atoms. The van der Waals surface area contributed by atoms with E-state index < -0.39 is 0 Å². The number of hydrogen-bond acceptors (Lipinski definition) is 6. The van der Waals surface area contributed by atoms with Gasteiger partial charge in [0.15, 0.2) is 0 Å². The van der Waals surface area contributed by atoms with E-state index in [4.69, 9.17) is 27.8 Å². The third-order valence-corrected chi connectivity index (χ3v) is 5.40. The highest BCUT2D eigenvalue weighted by Gasteiger charge is 2.24. The van der Waals surface area contributed by atoms with Gasteiger partial charge in [-0.05, 0) is 48.7 Å². The van der Waals surface area contributed by atoms with Crippen molar-refractivity contribution in [1.29, 1.82) is 0 Å². The summed E-state index contributed by atoms with van der Waals surface area (Å²) in [7, 11) is 0. The van der Waals surface area contributed by atoms with E-state index in [2.05, 4.69) is 9.97 Å². The molecule has 0 unspecified atom stereocenters. The van der Waals surface area contributed by atoms with Gasteiger partial charge in [-0.2, -0.15) is 4.98 Å². The van der Waals surface area contributed by atoms with Crippen LogP contribution in [0.1, 0.15) is 28.8 Å². The van der Waals surface area contributed by atoms with E-state index in [0.717, 1.165) is 23.8 Å². The first-order valence-corrected chi connectivity index (χ1v) is 9.86. The number of likely N-dealkylation sites (tertiary alicyclic amines) is 1. The molecule has 1 aliphatic heterocycles. The predicted molar refractivity (Wildman–Crippen MR) is 114 cm³/mol. The minimum Gasteiger partial charge on any atom is -0.383 e. The number of nitrogen functional groups attached to an aromatic ring is 2. The maximum atomic E-state index is 12.6. The summed E-state index contributed by atoms with van der Waals surface area (Å²) < 4.78 is 6.11. The number of rotatable bonds is 4. The summed E-state index contributed by atoms with van der Waals surface area (Å²) in [5.74, 6) is 0.539. The molecule has 3 aromatic rings. The van der Waals surface area contributed by atoms with E-state index in [1.54, 1.807) is 24.3 Å². The fourth-order valence-electron chi connectivity index (χ4n) is 3.63. The number of carbonyl (C=O) groups excluding carboxylic acids is 1. The second-order valence-electron chi connectivity index (χ2n) is 7.09. The standard InChI is InChI=1S/C21H22ClN5O2/c22-15-6-4-13(5-7-15)20(28)27-10-8-16(9-11-27)29-12-14-2-1-3-17-18(14)19(23)26-21(24)25-17/h1-7,16H,8-12H2,(H4,23,24,25,26). The number of hydrogen-bond donors (Lipinski definition) is 2. The summed E-state index contributed by atoms with van der Waals surface area (Å²) >= 11 is 5.90. The normalized spacial score (nSPS) is 15.0. The molecule has 1 fully saturated rings. The van der Waals surface area contributed by atoms with Crippen LogP contribution in [0.15, 0.2) is 42.5 Å². The summed E-state index contributed by atoms with van der Waals surface area (Å²) in [6.45, 7) is 1.72. The molecule has 0 bridgehead atoms. The summed E-state index contributed by atoms with van der Waals surface area (Å²) in [5.41, 5.74) is 14.0. The fraction of sp³-hybridized carbons (Fsp3) is 0.286. The van der Waals surface area contributed by atoms with E-state index >= 15 is 0 Å². The van der Waals surface area contributed by atoms with Crippen molar-refractivity contribution in [2.45, 2.75) is 25.6 Å². The van der Waals surface area contributed by atoms with Gasteiger partial charge in [0, 0.05) is 29.1 Å². The maximum Gasteiger partial charge on any atom is 0.253 e. The van der Waals surface area contributed by atoms with E-state index in [0.29, 0.717) is 41.6 Å². The van der Waals surface area contributed by atoms with Gasteiger partial charge in [-0.1, -0.05) is 23.7 Å². The summed E-state index contributed by atoms with van der Waals surface area (Å²) in [6, 6.07) is 12.7. The van der Waals surface area contributed by atoms with Gasteiger partial charge in [0.25, 0.3) is 5.91 Å². The number of aromatic nitrogens is 2. The Morgan fingerprint density at radius 1 is 1.10 bits per heavy atom. The fourth-order valence-corrected chi connectivity index (χ4v) is 3.76. The Hall–Kier alpha value is -2.90. The van der Waals surface area contributed by atoms with E-state index in [1.165, 1.54) is 0 Å². The number of ether oxygens (including phenoxy) is 1. The number of benzene rings is 2. The Balaban J connectivity index is 1.37. The minimum atomic E-state index is 0.0247. The van der Waals surface area contributed by atoms with Gasteiger partial charge in [-0.3, -0.25) is 4.79 Å². The molecule has 0 aliphatic carbocycles. The highest BCUT2D eigenvalue weighted by Crippen LogP contribution is 2.25. The minimum absolute atomic E-state index is 0.0247. The van der Waals surface area contributed by atoms with Crippen LogP contribution in [0, 0.1) is 0 Å². The summed E-state index contributed by atoms with van der Waals surface area (Å²) in [4.78, 5) is 22.8. The molecule has 4 rings (SSSR count). The van der Waals surface area contributed by atoms with E-state index in [1.807, 2.05) is 23.1 Å². The molecule has 150 valence electrons. The van der Waals surface area contributed by atoms with Crippen LogP contribution in [0.3, 0.4) is 0 Å². The number of carbonyl (C=O) groups is 1. The SMILES string of the molecule is Nc1nc(N)c2c(COC3CCN(C(=O)c4ccc(Cl)cc4)CC3)cccc2n1. The van der Waals surface area contributed by atoms with E-state index in [9.17, 15) is 4.79 Å². The highest BCUT2D eigenvalue weighted by atomic mass is 35.5. The van der Waals surface area contributed by atoms with Crippen molar-refractivity contribution in [3.8, 4) is 0 Å². The van der Waals surface area contributed by atoms with E-state index in [-0.39, 0.29) is 18.0 Å². The number of anilines is 2. The van der Waals surface area contributed by atoms with Gasteiger partial charge in [0.2, 0.25) is 5.95 Å². The number of fused-ring (bicyclic) bond motifs is 1. The number of nitrogens with zero attached hydrogens (tertiary/aromatic N) is 3. The molecule has 0 spiro atoms. The van der Waals surface area contributed by atoms with Crippen molar-refractivity contribution in [3.63, 3.8) is 0 Å². The lowest BCUT2D eigenvalue weighted by Gasteiger charge is -2.32. The first kappa shape index (κ1) is 19.4. The van der Waals surface area contributed by atoms with Crippen molar-refractivity contribution < 1.29 is 9.53 Å². The zero-order valence-corrected chi connectivity index (χ0v) is 16.6. The lowest BCUT2D eigenvalue weighted by Crippen LogP contribution is -2.40. The van der Waals surface area contributed by atoms with Crippen LogP contribution in [0.2, 0.25) is 5.02 Å². The Morgan fingerprint density at radius 2 is 1.83 bits per heavy atom. The van der Waals surface area contributed by atoms with Crippen LogP contribution in [0.5, 0.6) is 0 Å². The van der Waals surface area contributed by atoms with Crippen molar-refractivity contribution in [2.24, 2.45) is 0 Å². The topological polar surface area (TPSA) is 107 Å². The van der Waals surface area contributed by atoms with Crippen LogP contribution in [-0.2, 0) is 11.3 Å². The smallest absolute Gasteiger partial charge is 0.253 e. The first-order chi connectivity index (χ1) is 14.0. The lowest BCUT2D eigenvalue weighted by atomic mass is 10.1. The highest BCUT2D eigenvalue weighted by molar-refractivity contribution is 6.30. The molecule has 1 saturated heterocycles. The van der Waals surface area contributed by atoms with Gasteiger partial charge in [-0.25, -0.2) is 4.98 Å².